The van der Waals surface area contributed by atoms with Crippen molar-refractivity contribution >= 4 is 42.3 Å². The first-order valence-corrected chi connectivity index (χ1v) is 9.88. The third kappa shape index (κ3) is 6.78. The average Bonchev–Trinajstić information content (AvgIpc) is 2.73. The number of halogens is 3. The molecule has 3 rings (SSSR count). The van der Waals surface area contributed by atoms with Gasteiger partial charge in [0, 0.05) is 45.1 Å². The summed E-state index contributed by atoms with van der Waals surface area (Å²) in [6.45, 7) is 5.45. The van der Waals surface area contributed by atoms with Crippen LogP contribution in [0.1, 0.15) is 19.8 Å². The van der Waals surface area contributed by atoms with Crippen molar-refractivity contribution in [1.29, 1.82) is 0 Å². The first-order chi connectivity index (χ1) is 13.5. The summed E-state index contributed by atoms with van der Waals surface area (Å²) in [4.78, 5) is 29.0. The fourth-order valence-corrected chi connectivity index (χ4v) is 3.80. The van der Waals surface area contributed by atoms with Crippen LogP contribution in [-0.4, -0.2) is 73.1 Å². The number of benzene rings is 1. The molecule has 2 heterocycles. The molecule has 0 radical (unpaired) electrons. The lowest BCUT2D eigenvalue weighted by atomic mass is 9.91. The quantitative estimate of drug-likeness (QED) is 0.694. The van der Waals surface area contributed by atoms with Crippen LogP contribution in [0.15, 0.2) is 24.3 Å². The third-order valence-electron chi connectivity index (χ3n) is 5.70. The molecule has 2 aliphatic rings. The van der Waals surface area contributed by atoms with E-state index in [1.165, 1.54) is 12.1 Å². The third-order valence-corrected chi connectivity index (χ3v) is 5.70. The molecule has 1 aromatic carbocycles. The van der Waals surface area contributed by atoms with Crippen LogP contribution in [0.2, 0.25) is 0 Å². The number of rotatable bonds is 5. The van der Waals surface area contributed by atoms with Crippen LogP contribution in [0.5, 0.6) is 0 Å². The van der Waals surface area contributed by atoms with E-state index in [0.717, 1.165) is 12.8 Å². The Balaban J connectivity index is 0.00000225. The molecule has 3 N–H and O–H groups in total. The smallest absolute Gasteiger partial charge is 0.241 e. The average molecular weight is 465 g/mol. The van der Waals surface area contributed by atoms with Gasteiger partial charge in [0.15, 0.2) is 0 Å². The Morgan fingerprint density at radius 2 is 1.80 bits per heavy atom. The van der Waals surface area contributed by atoms with Gasteiger partial charge in [0.1, 0.15) is 5.82 Å². The highest BCUT2D eigenvalue weighted by atomic mass is 35.5. The van der Waals surface area contributed by atoms with Gasteiger partial charge in [-0.05, 0) is 43.9 Å². The molecule has 10 heteroatoms. The van der Waals surface area contributed by atoms with E-state index in [4.69, 9.17) is 10.5 Å². The van der Waals surface area contributed by atoms with Crippen molar-refractivity contribution in [1.82, 2.24) is 9.80 Å². The number of ether oxygens (including phenoxy) is 1. The fraction of sp³-hybridized carbons (Fsp3) is 0.600. The minimum atomic E-state index is -0.482. The van der Waals surface area contributed by atoms with Crippen molar-refractivity contribution in [2.75, 3.05) is 44.7 Å². The van der Waals surface area contributed by atoms with E-state index in [0.29, 0.717) is 45.1 Å². The highest BCUT2D eigenvalue weighted by Gasteiger charge is 2.33. The molecule has 2 aliphatic heterocycles. The van der Waals surface area contributed by atoms with Crippen molar-refractivity contribution in [3.8, 4) is 0 Å². The van der Waals surface area contributed by atoms with Crippen LogP contribution in [0, 0.1) is 11.7 Å². The first kappa shape index (κ1) is 26.6. The van der Waals surface area contributed by atoms with Crippen molar-refractivity contribution < 1.29 is 18.7 Å². The highest BCUT2D eigenvalue weighted by Crippen LogP contribution is 2.20. The zero-order valence-electron chi connectivity index (χ0n) is 17.1. The standard InChI is InChI=1S/C20H29FN4O3.2ClH/c1-14(19(26)23-17-4-2-3-16(21)13-17)24-7-9-25(10-8-24)20(27)18(22)15-5-11-28-12-6-15;;/h2-4,13-15,18H,5-12,22H2,1H3,(H,23,26);2*1H. The van der Waals surface area contributed by atoms with E-state index in [2.05, 4.69) is 5.32 Å². The summed E-state index contributed by atoms with van der Waals surface area (Å²) in [5.74, 6) is -0.415. The summed E-state index contributed by atoms with van der Waals surface area (Å²) in [6, 6.07) is 4.98. The zero-order valence-corrected chi connectivity index (χ0v) is 18.7. The highest BCUT2D eigenvalue weighted by molar-refractivity contribution is 5.94. The van der Waals surface area contributed by atoms with Gasteiger partial charge in [-0.1, -0.05) is 6.07 Å². The van der Waals surface area contributed by atoms with Gasteiger partial charge in [0.05, 0.1) is 12.1 Å². The van der Waals surface area contributed by atoms with Gasteiger partial charge in [0.2, 0.25) is 11.8 Å². The Bertz CT molecular complexity index is 698. The van der Waals surface area contributed by atoms with Gasteiger partial charge < -0.3 is 20.7 Å². The molecule has 2 unspecified atom stereocenters. The molecule has 0 spiro atoms. The molecule has 0 aliphatic carbocycles. The van der Waals surface area contributed by atoms with E-state index in [1.807, 2.05) is 11.8 Å². The minimum Gasteiger partial charge on any atom is -0.381 e. The van der Waals surface area contributed by atoms with Gasteiger partial charge in [-0.15, -0.1) is 24.8 Å². The van der Waals surface area contributed by atoms with Gasteiger partial charge in [-0.25, -0.2) is 4.39 Å². The normalized spacial score (nSPS) is 19.8. The van der Waals surface area contributed by atoms with E-state index in [-0.39, 0.29) is 48.6 Å². The predicted molar refractivity (Wildman–Crippen MR) is 119 cm³/mol. The molecule has 30 heavy (non-hydrogen) atoms. The molecule has 0 aromatic heterocycles. The number of anilines is 1. The minimum absolute atomic E-state index is 0. The molecule has 2 saturated heterocycles. The Morgan fingerprint density at radius 1 is 1.17 bits per heavy atom. The molecule has 0 bridgehead atoms. The Kier molecular flexibility index (Phi) is 11.0. The van der Waals surface area contributed by atoms with Crippen molar-refractivity contribution in [3.63, 3.8) is 0 Å². The summed E-state index contributed by atoms with van der Waals surface area (Å²) in [7, 11) is 0. The Labute approximate surface area is 189 Å². The number of nitrogens with two attached hydrogens (primary N) is 1. The molecule has 2 fully saturated rings. The van der Waals surface area contributed by atoms with Gasteiger partial charge >= 0.3 is 0 Å². The van der Waals surface area contributed by atoms with Crippen molar-refractivity contribution in [2.45, 2.75) is 31.8 Å². The predicted octanol–water partition coefficient (Wildman–Crippen LogP) is 1.89. The molecular weight excluding hydrogens is 434 g/mol. The number of piperazine rings is 1. The molecule has 170 valence electrons. The van der Waals surface area contributed by atoms with Gasteiger partial charge in [-0.2, -0.15) is 0 Å². The van der Waals surface area contributed by atoms with Crippen molar-refractivity contribution in [3.05, 3.63) is 30.1 Å². The van der Waals surface area contributed by atoms with E-state index in [1.54, 1.807) is 17.0 Å². The van der Waals surface area contributed by atoms with Crippen LogP contribution in [0.3, 0.4) is 0 Å². The number of nitrogens with one attached hydrogen (secondary N) is 1. The van der Waals surface area contributed by atoms with Crippen molar-refractivity contribution in [2.24, 2.45) is 11.7 Å². The number of carbonyl (C=O) groups is 2. The SMILES string of the molecule is CC(C(=O)Nc1cccc(F)c1)N1CCN(C(=O)C(N)C2CCOCC2)CC1.Cl.Cl. The maximum atomic E-state index is 13.3. The lowest BCUT2D eigenvalue weighted by molar-refractivity contribution is -0.137. The van der Waals surface area contributed by atoms with Crippen LogP contribution in [0.25, 0.3) is 0 Å². The van der Waals surface area contributed by atoms with E-state index < -0.39 is 11.9 Å². The second-order valence-corrected chi connectivity index (χ2v) is 7.51. The summed E-state index contributed by atoms with van der Waals surface area (Å²) in [5.41, 5.74) is 6.65. The molecule has 2 amide bonds. The maximum absolute atomic E-state index is 13.3. The lowest BCUT2D eigenvalue weighted by Crippen LogP contribution is -2.57. The Morgan fingerprint density at radius 3 is 2.40 bits per heavy atom. The van der Waals surface area contributed by atoms with Gasteiger partial charge in [-0.3, -0.25) is 14.5 Å². The number of carbonyl (C=O) groups excluding carboxylic acids is 2. The number of nitrogens with zero attached hydrogens (tertiary/aromatic N) is 2. The monoisotopic (exact) mass is 464 g/mol. The first-order valence-electron chi connectivity index (χ1n) is 9.88. The second-order valence-electron chi connectivity index (χ2n) is 7.51. The van der Waals surface area contributed by atoms with E-state index >= 15 is 0 Å². The fourth-order valence-electron chi connectivity index (χ4n) is 3.80. The van der Waals surface area contributed by atoms with Crippen LogP contribution in [-0.2, 0) is 14.3 Å². The summed E-state index contributed by atoms with van der Waals surface area (Å²) >= 11 is 0. The molecule has 1 aromatic rings. The number of hydrogen-bond donors (Lipinski definition) is 2. The zero-order chi connectivity index (χ0) is 20.1. The number of amides is 2. The Hall–Kier alpha value is -1.45. The molecular formula is C20H31Cl2FN4O3. The van der Waals surface area contributed by atoms with Gasteiger partial charge in [0.25, 0.3) is 0 Å². The van der Waals surface area contributed by atoms with Crippen LogP contribution >= 0.6 is 24.8 Å². The largest absolute Gasteiger partial charge is 0.381 e. The molecule has 0 saturated carbocycles. The molecule has 7 nitrogen and oxygen atoms in total. The van der Waals surface area contributed by atoms with Crippen LogP contribution in [0.4, 0.5) is 10.1 Å². The van der Waals surface area contributed by atoms with E-state index in [9.17, 15) is 14.0 Å². The topological polar surface area (TPSA) is 87.9 Å². The molecule has 2 atom stereocenters. The summed E-state index contributed by atoms with van der Waals surface area (Å²) < 4.78 is 18.6. The lowest BCUT2D eigenvalue weighted by Gasteiger charge is -2.39. The second kappa shape index (κ2) is 12.4. The number of hydrogen-bond acceptors (Lipinski definition) is 5. The maximum Gasteiger partial charge on any atom is 0.241 e. The van der Waals surface area contributed by atoms with Crippen LogP contribution < -0.4 is 11.1 Å². The summed E-state index contributed by atoms with van der Waals surface area (Å²) in [6.07, 6.45) is 1.65. The summed E-state index contributed by atoms with van der Waals surface area (Å²) in [5, 5.41) is 2.74.